The second kappa shape index (κ2) is 5.30. The predicted molar refractivity (Wildman–Crippen MR) is 65.3 cm³/mol. The summed E-state index contributed by atoms with van der Waals surface area (Å²) in [5, 5.41) is 0. The van der Waals surface area contributed by atoms with Gasteiger partial charge in [-0.15, -0.1) is 20.4 Å². The summed E-state index contributed by atoms with van der Waals surface area (Å²) in [5.41, 5.74) is 0.704. The molecule has 0 atom stereocenters. The van der Waals surface area contributed by atoms with Crippen LogP contribution in [0.5, 0.6) is 5.75 Å². The van der Waals surface area contributed by atoms with Gasteiger partial charge in [0.2, 0.25) is 5.91 Å². The lowest BCUT2D eigenvalue weighted by molar-refractivity contribution is -0.344. The molecule has 1 heterocycles. The lowest BCUT2D eigenvalue weighted by Crippen LogP contribution is -2.35. The monoisotopic (exact) mass is 290 g/mol. The first-order valence-corrected chi connectivity index (χ1v) is 6.09. The van der Waals surface area contributed by atoms with Gasteiger partial charge in [-0.2, -0.15) is 0 Å². The Morgan fingerprint density at radius 2 is 2.21 bits per heavy atom. The third kappa shape index (κ3) is 2.79. The number of nitrogens with zero attached hydrogens (tertiary/aromatic N) is 1. The Bertz CT molecular complexity index is 496. The largest absolute Gasteiger partial charge is 0.535 e. The molecule has 1 aromatic carbocycles. The summed E-state index contributed by atoms with van der Waals surface area (Å²) in [5.74, 6) is -0.576. The van der Waals surface area contributed by atoms with Crippen molar-refractivity contribution in [2.45, 2.75) is 13.2 Å². The lowest BCUT2D eigenvalue weighted by Gasteiger charge is -2.29. The summed E-state index contributed by atoms with van der Waals surface area (Å²) < 4.78 is 34.5. The second-order valence-corrected chi connectivity index (χ2v) is 4.03. The zero-order valence-electron chi connectivity index (χ0n) is 10.0. The molecule has 0 spiro atoms. The van der Waals surface area contributed by atoms with E-state index in [9.17, 15) is 13.6 Å². The molecule has 0 saturated heterocycles. The third-order valence-corrected chi connectivity index (χ3v) is 2.84. The maximum atomic E-state index is 12.9. The summed E-state index contributed by atoms with van der Waals surface area (Å²) in [6.45, 7) is 2.99. The van der Waals surface area contributed by atoms with Crippen LogP contribution in [-0.2, 0) is 9.53 Å². The molecule has 0 aromatic heterocycles. The highest BCUT2D eigenvalue weighted by Crippen LogP contribution is 2.39. The lowest BCUT2D eigenvalue weighted by atomic mass is 10.1. The first kappa shape index (κ1) is 14.0. The van der Waals surface area contributed by atoms with Gasteiger partial charge in [0.25, 0.3) is 0 Å². The standard InChI is InChI=1S/C12H11ClF2NO3/c1-2-16(11(17)6-13)9-4-3-5-10-8(9)7-18-12(14,15)19-10/h3-5,7H,2,6H2,1H3. The molecular weight excluding hydrogens is 280 g/mol. The van der Waals surface area contributed by atoms with Gasteiger partial charge in [0.05, 0.1) is 11.3 Å². The first-order valence-electron chi connectivity index (χ1n) is 5.55. The van der Waals surface area contributed by atoms with E-state index in [2.05, 4.69) is 9.47 Å². The molecule has 2 rings (SSSR count). The van der Waals surface area contributed by atoms with Crippen LogP contribution in [0.4, 0.5) is 14.5 Å². The molecule has 4 nitrogen and oxygen atoms in total. The zero-order chi connectivity index (χ0) is 14.0. The van der Waals surface area contributed by atoms with E-state index in [0.29, 0.717) is 12.2 Å². The van der Waals surface area contributed by atoms with E-state index in [0.717, 1.165) is 6.61 Å². The molecule has 1 amide bonds. The Balaban J connectivity index is 2.41. The van der Waals surface area contributed by atoms with Gasteiger partial charge < -0.3 is 9.64 Å². The number of amides is 1. The van der Waals surface area contributed by atoms with E-state index < -0.39 is 6.29 Å². The summed E-state index contributed by atoms with van der Waals surface area (Å²) in [6.07, 6.45) is -3.70. The molecule has 103 valence electrons. The fraction of sp³-hybridized carbons (Fsp3) is 0.333. The van der Waals surface area contributed by atoms with E-state index >= 15 is 0 Å². The summed E-state index contributed by atoms with van der Waals surface area (Å²) >= 11 is 5.52. The van der Waals surface area contributed by atoms with Crippen molar-refractivity contribution in [2.75, 3.05) is 17.3 Å². The molecule has 1 aliphatic heterocycles. The van der Waals surface area contributed by atoms with Crippen LogP contribution in [0, 0.1) is 6.61 Å². The fourth-order valence-electron chi connectivity index (χ4n) is 1.81. The van der Waals surface area contributed by atoms with Gasteiger partial charge in [0.1, 0.15) is 18.2 Å². The Hall–Kier alpha value is -1.40. The smallest absolute Gasteiger partial charge is 0.409 e. The number of halogens is 3. The normalized spacial score (nSPS) is 16.4. The van der Waals surface area contributed by atoms with Crippen molar-refractivity contribution in [3.63, 3.8) is 0 Å². The highest BCUT2D eigenvalue weighted by atomic mass is 35.5. The van der Waals surface area contributed by atoms with E-state index in [1.54, 1.807) is 13.0 Å². The molecule has 0 saturated carbocycles. The maximum absolute atomic E-state index is 12.9. The van der Waals surface area contributed by atoms with Crippen LogP contribution >= 0.6 is 11.6 Å². The maximum Gasteiger partial charge on any atom is 0.535 e. The Morgan fingerprint density at radius 3 is 2.84 bits per heavy atom. The zero-order valence-corrected chi connectivity index (χ0v) is 10.8. The van der Waals surface area contributed by atoms with Crippen molar-refractivity contribution in [1.82, 2.24) is 0 Å². The SMILES string of the molecule is CCN(C(=O)CCl)c1cccc2c1[CH]OC(F)(F)O2. The molecule has 0 N–H and O–H groups in total. The van der Waals surface area contributed by atoms with E-state index in [1.165, 1.54) is 17.0 Å². The first-order chi connectivity index (χ1) is 8.98. The quantitative estimate of drug-likeness (QED) is 0.804. The molecule has 0 aliphatic carbocycles. The Labute approximate surface area is 113 Å². The molecule has 0 fully saturated rings. The average molecular weight is 291 g/mol. The van der Waals surface area contributed by atoms with Crippen molar-refractivity contribution in [1.29, 1.82) is 0 Å². The number of benzene rings is 1. The Morgan fingerprint density at radius 1 is 1.47 bits per heavy atom. The fourth-order valence-corrected chi connectivity index (χ4v) is 1.95. The van der Waals surface area contributed by atoms with Gasteiger partial charge >= 0.3 is 6.29 Å². The minimum Gasteiger partial charge on any atom is -0.409 e. The molecular formula is C12H11ClF2NO3. The van der Waals surface area contributed by atoms with Gasteiger partial charge in [0.15, 0.2) is 0 Å². The highest BCUT2D eigenvalue weighted by molar-refractivity contribution is 6.29. The number of carbonyl (C=O) groups is 1. The van der Waals surface area contributed by atoms with Crippen LogP contribution in [0.1, 0.15) is 12.5 Å². The van der Waals surface area contributed by atoms with E-state index in [-0.39, 0.29) is 23.1 Å². The van der Waals surface area contributed by atoms with Gasteiger partial charge in [0, 0.05) is 6.54 Å². The van der Waals surface area contributed by atoms with Crippen LogP contribution in [0.15, 0.2) is 18.2 Å². The molecule has 1 aromatic rings. The van der Waals surface area contributed by atoms with Crippen molar-refractivity contribution in [3.05, 3.63) is 30.4 Å². The molecule has 7 heteroatoms. The summed E-state index contributed by atoms with van der Waals surface area (Å²) in [4.78, 5) is 13.1. The number of alkyl halides is 3. The average Bonchev–Trinajstić information content (AvgIpc) is 2.38. The van der Waals surface area contributed by atoms with Crippen LogP contribution in [-0.4, -0.2) is 24.6 Å². The van der Waals surface area contributed by atoms with Crippen LogP contribution < -0.4 is 9.64 Å². The third-order valence-electron chi connectivity index (χ3n) is 2.61. The number of hydrogen-bond acceptors (Lipinski definition) is 3. The molecule has 1 aliphatic rings. The number of fused-ring (bicyclic) bond motifs is 1. The minimum absolute atomic E-state index is 0.0467. The molecule has 1 radical (unpaired) electrons. The molecule has 19 heavy (non-hydrogen) atoms. The topological polar surface area (TPSA) is 38.8 Å². The van der Waals surface area contributed by atoms with Crippen molar-refractivity contribution >= 4 is 23.2 Å². The summed E-state index contributed by atoms with van der Waals surface area (Å²) in [6, 6.07) is 4.51. The predicted octanol–water partition coefficient (Wildman–Crippen LogP) is 2.75. The van der Waals surface area contributed by atoms with Gasteiger partial charge in [-0.3, -0.25) is 9.53 Å². The van der Waals surface area contributed by atoms with E-state index in [4.69, 9.17) is 11.6 Å². The molecule has 0 bridgehead atoms. The Kier molecular flexibility index (Phi) is 3.91. The van der Waals surface area contributed by atoms with Crippen molar-refractivity contribution in [2.24, 2.45) is 0 Å². The number of anilines is 1. The van der Waals surface area contributed by atoms with Gasteiger partial charge in [-0.1, -0.05) is 6.07 Å². The van der Waals surface area contributed by atoms with Crippen LogP contribution in [0.3, 0.4) is 0 Å². The van der Waals surface area contributed by atoms with Crippen molar-refractivity contribution < 1.29 is 23.0 Å². The van der Waals surface area contributed by atoms with Crippen molar-refractivity contribution in [3.8, 4) is 5.75 Å². The van der Waals surface area contributed by atoms with Gasteiger partial charge in [-0.25, -0.2) is 0 Å². The highest BCUT2D eigenvalue weighted by Gasteiger charge is 2.40. The minimum atomic E-state index is -3.70. The summed E-state index contributed by atoms with van der Waals surface area (Å²) in [7, 11) is 0. The van der Waals surface area contributed by atoms with Gasteiger partial charge in [-0.05, 0) is 19.1 Å². The number of rotatable bonds is 3. The molecule has 0 unspecified atom stereocenters. The number of hydrogen-bond donors (Lipinski definition) is 0. The van der Waals surface area contributed by atoms with Crippen LogP contribution in [0.25, 0.3) is 0 Å². The number of carbonyl (C=O) groups excluding carboxylic acids is 1. The van der Waals surface area contributed by atoms with Crippen LogP contribution in [0.2, 0.25) is 0 Å². The second-order valence-electron chi connectivity index (χ2n) is 3.76. The van der Waals surface area contributed by atoms with E-state index in [1.807, 2.05) is 0 Å². The number of ether oxygens (including phenoxy) is 2.